The number of methoxy groups -OCH3 is 1. The first-order valence-electron chi connectivity index (χ1n) is 7.77. The van der Waals surface area contributed by atoms with Crippen LogP contribution in [0.5, 0.6) is 0 Å². The van der Waals surface area contributed by atoms with Crippen LogP contribution in [0.15, 0.2) is 18.2 Å². The molecule has 0 aliphatic carbocycles. The van der Waals surface area contributed by atoms with Crippen molar-refractivity contribution >= 4 is 21.7 Å². The molecule has 1 aliphatic heterocycles. The van der Waals surface area contributed by atoms with Crippen LogP contribution < -0.4 is 4.72 Å². The van der Waals surface area contributed by atoms with Crippen molar-refractivity contribution in [1.29, 1.82) is 0 Å². The molecule has 0 amide bonds. The Morgan fingerprint density at radius 2 is 2.08 bits per heavy atom. The fourth-order valence-electron chi connectivity index (χ4n) is 2.82. The molecule has 1 fully saturated rings. The quantitative estimate of drug-likeness (QED) is 0.772. The van der Waals surface area contributed by atoms with Gasteiger partial charge in [0.2, 0.25) is 10.0 Å². The van der Waals surface area contributed by atoms with E-state index >= 15 is 0 Å². The molecule has 7 nitrogen and oxygen atoms in total. The number of nitrogens with one attached hydrogen (secondary N) is 1. The Bertz CT molecular complexity index is 682. The summed E-state index contributed by atoms with van der Waals surface area (Å²) in [5, 5.41) is 8.96. The summed E-state index contributed by atoms with van der Waals surface area (Å²) in [7, 11) is -2.10. The molecule has 0 bridgehead atoms. The van der Waals surface area contributed by atoms with Crippen molar-refractivity contribution in [2.75, 3.05) is 30.8 Å². The maximum Gasteiger partial charge on any atom is 0.335 e. The summed E-state index contributed by atoms with van der Waals surface area (Å²) in [5.41, 5.74) is 1.05. The van der Waals surface area contributed by atoms with E-state index in [9.17, 15) is 13.2 Å². The minimum absolute atomic E-state index is 0.118. The third kappa shape index (κ3) is 4.93. The van der Waals surface area contributed by atoms with E-state index in [4.69, 9.17) is 14.6 Å². The second-order valence-electron chi connectivity index (χ2n) is 5.94. The second-order valence-corrected chi connectivity index (χ2v) is 7.71. The van der Waals surface area contributed by atoms with Gasteiger partial charge in [-0.15, -0.1) is 0 Å². The van der Waals surface area contributed by atoms with Gasteiger partial charge in [0, 0.05) is 20.3 Å². The highest BCUT2D eigenvalue weighted by Crippen LogP contribution is 2.23. The molecule has 0 saturated carbocycles. The Labute approximate surface area is 142 Å². The number of hydrogen-bond donors (Lipinski definition) is 2. The minimum Gasteiger partial charge on any atom is -0.478 e. The average Bonchev–Trinajstić information content (AvgIpc) is 2.55. The molecular formula is C16H23NO6S. The van der Waals surface area contributed by atoms with Gasteiger partial charge in [-0.3, -0.25) is 4.72 Å². The van der Waals surface area contributed by atoms with Gasteiger partial charge in [0.25, 0.3) is 0 Å². The second kappa shape index (κ2) is 7.96. The SMILES string of the molecule is COC(CS(=O)(=O)Nc1ccc(C(=O)O)cc1C)C1CCOCC1. The number of aryl methyl sites for hydroxylation is 1. The van der Waals surface area contributed by atoms with Gasteiger partial charge in [-0.1, -0.05) is 0 Å². The summed E-state index contributed by atoms with van der Waals surface area (Å²) in [6.45, 7) is 2.90. The van der Waals surface area contributed by atoms with E-state index in [0.717, 1.165) is 12.8 Å². The summed E-state index contributed by atoms with van der Waals surface area (Å²) in [5.74, 6) is -1.05. The third-order valence-corrected chi connectivity index (χ3v) is 5.52. The fraction of sp³-hybridized carbons (Fsp3) is 0.562. The molecule has 1 aromatic carbocycles. The van der Waals surface area contributed by atoms with Crippen molar-refractivity contribution in [1.82, 2.24) is 0 Å². The molecule has 1 atom stereocenters. The van der Waals surface area contributed by atoms with E-state index in [2.05, 4.69) is 4.72 Å². The highest BCUT2D eigenvalue weighted by molar-refractivity contribution is 7.92. The van der Waals surface area contributed by atoms with Gasteiger partial charge in [0.1, 0.15) is 0 Å². The van der Waals surface area contributed by atoms with Gasteiger partial charge in [0.05, 0.1) is 23.1 Å². The lowest BCUT2D eigenvalue weighted by atomic mass is 9.95. The first kappa shape index (κ1) is 18.7. The van der Waals surface area contributed by atoms with Gasteiger partial charge < -0.3 is 14.6 Å². The molecule has 2 N–H and O–H groups in total. The van der Waals surface area contributed by atoms with Gasteiger partial charge in [-0.05, 0) is 49.4 Å². The number of anilines is 1. The molecule has 8 heteroatoms. The number of aromatic carboxylic acids is 1. The number of ether oxygens (including phenoxy) is 2. The maximum absolute atomic E-state index is 12.4. The van der Waals surface area contributed by atoms with Gasteiger partial charge >= 0.3 is 5.97 Å². The highest BCUT2D eigenvalue weighted by Gasteiger charge is 2.29. The molecule has 0 radical (unpaired) electrons. The average molecular weight is 357 g/mol. The number of carboxylic acid groups (broad SMARTS) is 1. The smallest absolute Gasteiger partial charge is 0.335 e. The molecule has 1 aromatic rings. The Hall–Kier alpha value is -1.64. The van der Waals surface area contributed by atoms with Crippen molar-refractivity contribution in [2.45, 2.75) is 25.9 Å². The number of benzene rings is 1. The van der Waals surface area contributed by atoms with Crippen LogP contribution in [0.4, 0.5) is 5.69 Å². The van der Waals surface area contributed by atoms with E-state index in [1.165, 1.54) is 25.3 Å². The summed E-state index contributed by atoms with van der Waals surface area (Å²) in [4.78, 5) is 10.9. The largest absolute Gasteiger partial charge is 0.478 e. The van der Waals surface area contributed by atoms with E-state index in [0.29, 0.717) is 24.5 Å². The van der Waals surface area contributed by atoms with E-state index in [1.807, 2.05) is 0 Å². The van der Waals surface area contributed by atoms with Crippen LogP contribution in [0.1, 0.15) is 28.8 Å². The van der Waals surface area contributed by atoms with Crippen LogP contribution in [0.25, 0.3) is 0 Å². The zero-order valence-electron chi connectivity index (χ0n) is 13.8. The Morgan fingerprint density at radius 3 is 2.62 bits per heavy atom. The number of hydrogen-bond acceptors (Lipinski definition) is 5. The highest BCUT2D eigenvalue weighted by atomic mass is 32.2. The standard InChI is InChI=1S/C16H23NO6S/c1-11-9-13(16(18)19)3-4-14(11)17-24(20,21)10-15(22-2)12-5-7-23-8-6-12/h3-4,9,12,15,17H,5-8,10H2,1-2H3,(H,18,19). The van der Waals surface area contributed by atoms with Crippen molar-refractivity contribution in [3.8, 4) is 0 Å². The van der Waals surface area contributed by atoms with Gasteiger partial charge in [0.15, 0.2) is 0 Å². The molecule has 1 heterocycles. The van der Waals surface area contributed by atoms with Crippen LogP contribution in [0.2, 0.25) is 0 Å². The third-order valence-electron chi connectivity index (χ3n) is 4.22. The molecule has 0 spiro atoms. The van der Waals surface area contributed by atoms with Gasteiger partial charge in [-0.25, -0.2) is 13.2 Å². The monoisotopic (exact) mass is 357 g/mol. The number of carboxylic acids is 1. The topological polar surface area (TPSA) is 102 Å². The lowest BCUT2D eigenvalue weighted by Crippen LogP contribution is -2.36. The van der Waals surface area contributed by atoms with Crippen molar-refractivity contribution < 1.29 is 27.8 Å². The van der Waals surface area contributed by atoms with Crippen LogP contribution in [0.3, 0.4) is 0 Å². The zero-order chi connectivity index (χ0) is 17.7. The van der Waals surface area contributed by atoms with Crippen molar-refractivity contribution in [3.05, 3.63) is 29.3 Å². The van der Waals surface area contributed by atoms with Crippen LogP contribution in [0, 0.1) is 12.8 Å². The number of rotatable bonds is 7. The Kier molecular flexibility index (Phi) is 6.20. The molecule has 1 unspecified atom stereocenters. The molecule has 2 rings (SSSR count). The molecule has 1 aliphatic rings. The molecule has 0 aromatic heterocycles. The summed E-state index contributed by atoms with van der Waals surface area (Å²) < 4.78 is 38.1. The first-order valence-corrected chi connectivity index (χ1v) is 9.42. The molecule has 1 saturated heterocycles. The van der Waals surface area contributed by atoms with Crippen LogP contribution in [-0.4, -0.2) is 51.7 Å². The summed E-state index contributed by atoms with van der Waals surface area (Å²) in [6, 6.07) is 4.28. The molecule has 134 valence electrons. The maximum atomic E-state index is 12.4. The number of sulfonamides is 1. The predicted molar refractivity (Wildman–Crippen MR) is 89.9 cm³/mol. The predicted octanol–water partition coefficient (Wildman–Crippen LogP) is 1.88. The van der Waals surface area contributed by atoms with E-state index < -0.39 is 22.1 Å². The van der Waals surface area contributed by atoms with Crippen molar-refractivity contribution in [2.24, 2.45) is 5.92 Å². The van der Waals surface area contributed by atoms with Crippen molar-refractivity contribution in [3.63, 3.8) is 0 Å². The van der Waals surface area contributed by atoms with Gasteiger partial charge in [-0.2, -0.15) is 0 Å². The summed E-state index contributed by atoms with van der Waals surface area (Å²) >= 11 is 0. The molecular weight excluding hydrogens is 334 g/mol. The zero-order valence-corrected chi connectivity index (χ0v) is 14.6. The lowest BCUT2D eigenvalue weighted by Gasteiger charge is -2.29. The van der Waals surface area contributed by atoms with Crippen LogP contribution >= 0.6 is 0 Å². The summed E-state index contributed by atoms with van der Waals surface area (Å²) in [6.07, 6.45) is 1.16. The Morgan fingerprint density at radius 1 is 1.42 bits per heavy atom. The normalized spacial score (nSPS) is 17.4. The first-order chi connectivity index (χ1) is 11.3. The Balaban J connectivity index is 2.08. The van der Waals surface area contributed by atoms with E-state index in [-0.39, 0.29) is 17.2 Å². The lowest BCUT2D eigenvalue weighted by molar-refractivity contribution is -0.00318. The van der Waals surface area contributed by atoms with Crippen LogP contribution in [-0.2, 0) is 19.5 Å². The minimum atomic E-state index is -3.61. The van der Waals surface area contributed by atoms with E-state index in [1.54, 1.807) is 6.92 Å². The fourth-order valence-corrected chi connectivity index (χ4v) is 4.31. The number of carbonyl (C=O) groups is 1. The molecule has 24 heavy (non-hydrogen) atoms.